The molecule has 2 amide bonds. The van der Waals surface area contributed by atoms with Crippen molar-refractivity contribution in [1.29, 1.82) is 0 Å². The lowest BCUT2D eigenvalue weighted by molar-refractivity contribution is -0.129. The van der Waals surface area contributed by atoms with Gasteiger partial charge in [0.1, 0.15) is 12.6 Å². The molecule has 1 saturated heterocycles. The second-order valence-electron chi connectivity index (χ2n) is 16.0. The summed E-state index contributed by atoms with van der Waals surface area (Å²) in [5.41, 5.74) is 2.26. The number of allylic oxidation sites excluding steroid dienone is 1. The van der Waals surface area contributed by atoms with Gasteiger partial charge in [-0.25, -0.2) is 4.79 Å². The van der Waals surface area contributed by atoms with Crippen molar-refractivity contribution in [3.8, 4) is 0 Å². The second-order valence-corrected chi connectivity index (χ2v) is 16.0. The van der Waals surface area contributed by atoms with Crippen LogP contribution in [0.3, 0.4) is 0 Å². The summed E-state index contributed by atoms with van der Waals surface area (Å²) in [7, 11) is 0. The molecule has 0 bridgehead atoms. The Hall–Kier alpha value is -1.60. The number of rotatable bonds is 14. The summed E-state index contributed by atoms with van der Waals surface area (Å²) < 4.78 is 11.5. The summed E-state index contributed by atoms with van der Waals surface area (Å²) in [6.07, 6.45) is 21.7. The van der Waals surface area contributed by atoms with Crippen LogP contribution in [-0.2, 0) is 14.3 Å². The summed E-state index contributed by atoms with van der Waals surface area (Å²) in [5.74, 6) is 3.07. The van der Waals surface area contributed by atoms with Crippen molar-refractivity contribution in [2.75, 3.05) is 32.8 Å². The van der Waals surface area contributed by atoms with Crippen LogP contribution in [0.15, 0.2) is 11.6 Å². The first kappa shape index (κ1) is 34.7. The molecule has 7 nitrogen and oxygen atoms in total. The van der Waals surface area contributed by atoms with Gasteiger partial charge < -0.3 is 24.8 Å². The summed E-state index contributed by atoms with van der Waals surface area (Å²) in [6.45, 7) is 11.3. The number of carbonyl (C=O) groups is 2. The molecule has 4 unspecified atom stereocenters. The summed E-state index contributed by atoms with van der Waals surface area (Å²) >= 11 is 0. The lowest BCUT2D eigenvalue weighted by Crippen LogP contribution is -2.50. The number of amides is 2. The van der Waals surface area contributed by atoms with Crippen molar-refractivity contribution < 1.29 is 24.2 Å². The van der Waals surface area contributed by atoms with E-state index in [1.54, 1.807) is 4.90 Å². The molecule has 2 N–H and O–H groups in total. The maximum atomic E-state index is 12.7. The average molecular weight is 629 g/mol. The zero-order chi connectivity index (χ0) is 32.0. The number of aliphatic hydroxyl groups is 1. The minimum atomic E-state index is -0.587. The van der Waals surface area contributed by atoms with Crippen LogP contribution in [0.1, 0.15) is 130 Å². The van der Waals surface area contributed by atoms with Crippen molar-refractivity contribution >= 4 is 12.0 Å². The molecular weight excluding hydrogens is 564 g/mol. The van der Waals surface area contributed by atoms with Gasteiger partial charge in [-0.1, -0.05) is 77.9 Å². The molecule has 256 valence electrons. The Kier molecular flexibility index (Phi) is 12.0. The Bertz CT molecular complexity index is 1030. The zero-order valence-electron chi connectivity index (χ0n) is 29.0. The number of carbonyl (C=O) groups excluding carboxylic acids is 2. The first-order chi connectivity index (χ1) is 21.7. The molecule has 0 aromatic rings. The van der Waals surface area contributed by atoms with Gasteiger partial charge in [0, 0.05) is 32.0 Å². The number of β-amino-alcohol motifs (C(OH)–C–C–N with tert-alkyl or cyclic N) is 1. The Balaban J connectivity index is 1.08. The van der Waals surface area contributed by atoms with Gasteiger partial charge >= 0.3 is 6.09 Å². The maximum absolute atomic E-state index is 12.7. The van der Waals surface area contributed by atoms with Crippen LogP contribution in [0, 0.1) is 40.4 Å². The maximum Gasteiger partial charge on any atom is 0.407 e. The molecular formula is C38H64N2O5. The summed E-state index contributed by atoms with van der Waals surface area (Å²) in [6, 6.07) is 0. The Morgan fingerprint density at radius 3 is 2.58 bits per heavy atom. The molecule has 0 radical (unpaired) electrons. The van der Waals surface area contributed by atoms with E-state index in [0.717, 1.165) is 49.4 Å². The first-order valence-corrected chi connectivity index (χ1v) is 18.9. The quantitative estimate of drug-likeness (QED) is 0.152. The van der Waals surface area contributed by atoms with Gasteiger partial charge in [0.05, 0.1) is 12.7 Å². The number of fused-ring (bicyclic) bond motifs is 5. The SMILES string of the molecule is CCCCCCCC[C@@H]1CCC2C3CC=C4CC(OC(=O)NCC(=O)N5C[C@@H](COCCC)[C@@H](O)C5)CC[C@@]4(C)C3CC[C@]21C. The van der Waals surface area contributed by atoms with E-state index >= 15 is 0 Å². The van der Waals surface area contributed by atoms with Crippen molar-refractivity contribution in [1.82, 2.24) is 10.2 Å². The highest BCUT2D eigenvalue weighted by atomic mass is 16.6. The monoisotopic (exact) mass is 628 g/mol. The number of nitrogens with one attached hydrogen (secondary N) is 1. The predicted molar refractivity (Wildman–Crippen MR) is 179 cm³/mol. The zero-order valence-corrected chi connectivity index (χ0v) is 29.0. The van der Waals surface area contributed by atoms with E-state index in [0.29, 0.717) is 25.2 Å². The second kappa shape index (κ2) is 15.5. The molecule has 9 atom stereocenters. The summed E-state index contributed by atoms with van der Waals surface area (Å²) in [4.78, 5) is 27.1. The number of likely N-dealkylation sites (tertiary alicyclic amines) is 1. The number of aliphatic hydroxyl groups excluding tert-OH is 1. The third-order valence-corrected chi connectivity index (χ3v) is 13.3. The van der Waals surface area contributed by atoms with Crippen molar-refractivity contribution in [3.63, 3.8) is 0 Å². The fourth-order valence-electron chi connectivity index (χ4n) is 10.5. The Morgan fingerprint density at radius 1 is 0.978 bits per heavy atom. The van der Waals surface area contributed by atoms with E-state index in [9.17, 15) is 14.7 Å². The fourth-order valence-corrected chi connectivity index (χ4v) is 10.5. The van der Waals surface area contributed by atoms with Crippen LogP contribution in [0.2, 0.25) is 0 Å². The molecule has 5 rings (SSSR count). The molecule has 45 heavy (non-hydrogen) atoms. The van der Waals surface area contributed by atoms with Gasteiger partial charge in [-0.3, -0.25) is 4.79 Å². The molecule has 1 heterocycles. The third-order valence-electron chi connectivity index (χ3n) is 13.3. The van der Waals surface area contributed by atoms with E-state index in [2.05, 4.69) is 32.2 Å². The molecule has 5 aliphatic rings. The largest absolute Gasteiger partial charge is 0.446 e. The van der Waals surface area contributed by atoms with Crippen molar-refractivity contribution in [3.05, 3.63) is 11.6 Å². The van der Waals surface area contributed by atoms with Gasteiger partial charge in [0.2, 0.25) is 5.91 Å². The number of nitrogens with zero attached hydrogens (tertiary/aromatic N) is 1. The number of hydrogen-bond donors (Lipinski definition) is 2. The lowest BCUT2D eigenvalue weighted by Gasteiger charge is -2.58. The van der Waals surface area contributed by atoms with Crippen LogP contribution in [0.4, 0.5) is 4.79 Å². The Morgan fingerprint density at radius 2 is 1.78 bits per heavy atom. The standard InChI is InChI=1S/C38H64N2O5/c1-5-7-8-9-10-11-12-28-14-16-32-31-15-13-29-22-30(17-19-38(29,4)33(31)18-20-37(28,32)3)45-36(43)39-23-35(42)40-24-27(34(41)25-40)26-44-21-6-2/h13,27-28,30-34,41H,5-12,14-26H2,1-4H3,(H,39,43)/t27-,28+,30?,31?,32?,33?,34-,37-,38+/m0/s1. The summed E-state index contributed by atoms with van der Waals surface area (Å²) in [5, 5.41) is 13.0. The normalized spacial score (nSPS) is 37.4. The van der Waals surface area contributed by atoms with Gasteiger partial charge in [-0.15, -0.1) is 0 Å². The number of alkyl carbamates (subject to hydrolysis) is 1. The van der Waals surface area contributed by atoms with E-state index < -0.39 is 12.2 Å². The van der Waals surface area contributed by atoms with E-state index in [4.69, 9.17) is 9.47 Å². The smallest absolute Gasteiger partial charge is 0.407 e. The molecule has 7 heteroatoms. The average Bonchev–Trinajstić information content (AvgIpc) is 3.57. The molecule has 0 aromatic heterocycles. The number of unbranched alkanes of at least 4 members (excludes halogenated alkanes) is 5. The molecule has 0 aromatic carbocycles. The highest BCUT2D eigenvalue weighted by Gasteiger charge is 2.58. The van der Waals surface area contributed by atoms with Gasteiger partial charge in [0.25, 0.3) is 0 Å². The van der Waals surface area contributed by atoms with Gasteiger partial charge in [0.15, 0.2) is 0 Å². The fraction of sp³-hybridized carbons (Fsp3) is 0.895. The van der Waals surface area contributed by atoms with Crippen molar-refractivity contribution in [2.24, 2.45) is 40.4 Å². The topological polar surface area (TPSA) is 88.1 Å². The molecule has 4 aliphatic carbocycles. The van der Waals surface area contributed by atoms with Crippen LogP contribution in [0.25, 0.3) is 0 Å². The van der Waals surface area contributed by atoms with Crippen LogP contribution in [0.5, 0.6) is 0 Å². The van der Waals surface area contributed by atoms with Crippen LogP contribution < -0.4 is 5.32 Å². The highest BCUT2D eigenvalue weighted by molar-refractivity contribution is 5.82. The minimum Gasteiger partial charge on any atom is -0.446 e. The molecule has 0 spiro atoms. The number of ether oxygens (including phenoxy) is 2. The van der Waals surface area contributed by atoms with E-state index in [-0.39, 0.29) is 36.4 Å². The van der Waals surface area contributed by atoms with E-state index in [1.807, 2.05) is 6.92 Å². The molecule has 4 fully saturated rings. The highest BCUT2D eigenvalue weighted by Crippen LogP contribution is 2.66. The van der Waals surface area contributed by atoms with Crippen molar-refractivity contribution in [2.45, 2.75) is 143 Å². The van der Waals surface area contributed by atoms with Gasteiger partial charge in [-0.05, 0) is 92.3 Å². The minimum absolute atomic E-state index is 0.0783. The number of hydrogen-bond acceptors (Lipinski definition) is 5. The predicted octanol–water partition coefficient (Wildman–Crippen LogP) is 7.66. The van der Waals surface area contributed by atoms with Gasteiger partial charge in [-0.2, -0.15) is 0 Å². The third kappa shape index (κ3) is 7.77. The van der Waals surface area contributed by atoms with Crippen LogP contribution in [-0.4, -0.2) is 67.1 Å². The lowest BCUT2D eigenvalue weighted by atomic mass is 9.47. The first-order valence-electron chi connectivity index (χ1n) is 18.9. The molecule has 3 saturated carbocycles. The Labute approximate surface area is 273 Å². The van der Waals surface area contributed by atoms with E-state index in [1.165, 1.54) is 82.6 Å². The molecule has 1 aliphatic heterocycles. The van der Waals surface area contributed by atoms with Crippen LogP contribution >= 0.6 is 0 Å².